The number of hydrogen-bond acceptors (Lipinski definition) is 2. The Kier molecular flexibility index (Phi) is 8.79. The first kappa shape index (κ1) is 20.9. The molecule has 2 aromatic rings. The fraction of sp³-hybridized carbons (Fsp3) is 0.375. The molecule has 3 nitrogen and oxygen atoms in total. The summed E-state index contributed by atoms with van der Waals surface area (Å²) < 4.78 is 5.87. The second-order valence-electron chi connectivity index (χ2n) is 6.66. The molecule has 1 unspecified atom stereocenters. The van der Waals surface area contributed by atoms with Crippen molar-refractivity contribution in [2.75, 3.05) is 6.61 Å². The van der Waals surface area contributed by atoms with E-state index in [9.17, 15) is 4.79 Å². The molecule has 0 aliphatic heterocycles. The predicted octanol–water partition coefficient (Wildman–Crippen LogP) is 5.54. The fourth-order valence-corrected chi connectivity index (χ4v) is 3.28. The minimum Gasteiger partial charge on any atom is -0.377 e. The van der Waals surface area contributed by atoms with Crippen molar-refractivity contribution in [2.45, 2.75) is 52.3 Å². The number of carbonyl (C=O) groups is 1. The molecule has 0 saturated carbocycles. The number of ether oxygens (including phenoxy) is 1. The molecule has 0 spiro atoms. The average molecular weight is 366 g/mol. The molecule has 2 atom stereocenters. The van der Waals surface area contributed by atoms with Gasteiger partial charge in [0.05, 0.1) is 18.7 Å². The molecule has 0 aliphatic carbocycles. The second kappa shape index (κ2) is 11.3. The lowest BCUT2D eigenvalue weighted by molar-refractivity contribution is -0.135. The van der Waals surface area contributed by atoms with Crippen LogP contribution in [0.4, 0.5) is 0 Å². The smallest absolute Gasteiger partial charge is 0.223 e. The molecule has 0 saturated heterocycles. The van der Waals surface area contributed by atoms with Crippen molar-refractivity contribution in [1.29, 1.82) is 0 Å². The van der Waals surface area contributed by atoms with E-state index in [-0.39, 0.29) is 18.0 Å². The Hall–Kier alpha value is -2.39. The zero-order chi connectivity index (χ0) is 19.5. The Morgan fingerprint density at radius 2 is 1.70 bits per heavy atom. The summed E-state index contributed by atoms with van der Waals surface area (Å²) in [7, 11) is 0. The number of rotatable bonds is 10. The number of hydrogen-bond donors (Lipinski definition) is 0. The van der Waals surface area contributed by atoms with Crippen LogP contribution in [-0.2, 0) is 16.1 Å². The van der Waals surface area contributed by atoms with Crippen molar-refractivity contribution in [2.24, 2.45) is 0 Å². The SMILES string of the molecule is C/C=C/C(CCOCc1ccccc1)N(C(=O)CC)[C@H](C)c1ccccc1. The van der Waals surface area contributed by atoms with E-state index in [2.05, 4.69) is 37.3 Å². The zero-order valence-corrected chi connectivity index (χ0v) is 16.7. The molecule has 2 aromatic carbocycles. The highest BCUT2D eigenvalue weighted by atomic mass is 16.5. The van der Waals surface area contributed by atoms with Crippen LogP contribution in [0.5, 0.6) is 0 Å². The summed E-state index contributed by atoms with van der Waals surface area (Å²) in [5.41, 5.74) is 2.32. The summed E-state index contributed by atoms with van der Waals surface area (Å²) in [6.07, 6.45) is 5.41. The highest BCUT2D eigenvalue weighted by molar-refractivity contribution is 5.77. The van der Waals surface area contributed by atoms with Crippen LogP contribution in [0.1, 0.15) is 50.8 Å². The molecule has 0 N–H and O–H groups in total. The van der Waals surface area contributed by atoms with Gasteiger partial charge in [0.2, 0.25) is 5.91 Å². The molecule has 0 fully saturated rings. The maximum absolute atomic E-state index is 12.7. The molecular formula is C24H31NO2. The fourth-order valence-electron chi connectivity index (χ4n) is 3.28. The van der Waals surface area contributed by atoms with Crippen molar-refractivity contribution in [3.8, 4) is 0 Å². The van der Waals surface area contributed by atoms with Crippen molar-refractivity contribution in [3.05, 3.63) is 83.9 Å². The lowest BCUT2D eigenvalue weighted by Crippen LogP contribution is -2.41. The van der Waals surface area contributed by atoms with Gasteiger partial charge in [-0.3, -0.25) is 4.79 Å². The van der Waals surface area contributed by atoms with Gasteiger partial charge < -0.3 is 9.64 Å². The van der Waals surface area contributed by atoms with Gasteiger partial charge >= 0.3 is 0 Å². The van der Waals surface area contributed by atoms with E-state index in [0.717, 1.165) is 12.0 Å². The molecule has 0 aliphatic rings. The monoisotopic (exact) mass is 365 g/mol. The van der Waals surface area contributed by atoms with Crippen LogP contribution >= 0.6 is 0 Å². The molecule has 0 bridgehead atoms. The van der Waals surface area contributed by atoms with Gasteiger partial charge in [0, 0.05) is 13.0 Å². The van der Waals surface area contributed by atoms with Crippen molar-refractivity contribution >= 4 is 5.91 Å². The van der Waals surface area contributed by atoms with Crippen LogP contribution in [0.3, 0.4) is 0 Å². The van der Waals surface area contributed by atoms with Crippen LogP contribution in [0, 0.1) is 0 Å². The molecule has 3 heteroatoms. The summed E-state index contributed by atoms with van der Waals surface area (Å²) in [5.74, 6) is 0.164. The summed E-state index contributed by atoms with van der Waals surface area (Å²) in [6.45, 7) is 7.23. The highest BCUT2D eigenvalue weighted by Crippen LogP contribution is 2.25. The lowest BCUT2D eigenvalue weighted by atomic mass is 10.0. The van der Waals surface area contributed by atoms with Crippen LogP contribution < -0.4 is 0 Å². The minimum atomic E-state index is 0.0217. The normalized spacial score (nSPS) is 13.4. The van der Waals surface area contributed by atoms with Crippen molar-refractivity contribution in [1.82, 2.24) is 4.90 Å². The topological polar surface area (TPSA) is 29.5 Å². The quantitative estimate of drug-likeness (QED) is 0.409. The van der Waals surface area contributed by atoms with E-state index in [1.54, 1.807) is 0 Å². The van der Waals surface area contributed by atoms with E-state index in [0.29, 0.717) is 19.6 Å². The third kappa shape index (κ3) is 6.37. The third-order valence-electron chi connectivity index (χ3n) is 4.73. The van der Waals surface area contributed by atoms with E-state index in [4.69, 9.17) is 4.74 Å². The Balaban J connectivity index is 2.05. The van der Waals surface area contributed by atoms with Gasteiger partial charge in [-0.1, -0.05) is 79.7 Å². The molecule has 0 radical (unpaired) electrons. The third-order valence-corrected chi connectivity index (χ3v) is 4.73. The zero-order valence-electron chi connectivity index (χ0n) is 16.7. The molecule has 144 valence electrons. The van der Waals surface area contributed by atoms with Gasteiger partial charge in [-0.2, -0.15) is 0 Å². The van der Waals surface area contributed by atoms with E-state index >= 15 is 0 Å². The molecule has 27 heavy (non-hydrogen) atoms. The molecule has 2 rings (SSSR count). The first-order valence-electron chi connectivity index (χ1n) is 9.78. The number of carbonyl (C=O) groups excluding carboxylic acids is 1. The molecular weight excluding hydrogens is 334 g/mol. The van der Waals surface area contributed by atoms with Crippen LogP contribution in [0.15, 0.2) is 72.8 Å². The van der Waals surface area contributed by atoms with E-state index < -0.39 is 0 Å². The first-order valence-corrected chi connectivity index (χ1v) is 9.78. The largest absolute Gasteiger partial charge is 0.377 e. The number of benzene rings is 2. The summed E-state index contributed by atoms with van der Waals surface area (Å²) in [5, 5.41) is 0. The van der Waals surface area contributed by atoms with E-state index in [1.807, 2.05) is 61.2 Å². The number of amides is 1. The Labute approximate surface area is 163 Å². The van der Waals surface area contributed by atoms with Crippen molar-refractivity contribution < 1.29 is 9.53 Å². The highest BCUT2D eigenvalue weighted by Gasteiger charge is 2.26. The van der Waals surface area contributed by atoms with Gasteiger partial charge in [0.25, 0.3) is 0 Å². The second-order valence-corrected chi connectivity index (χ2v) is 6.66. The molecule has 0 aromatic heterocycles. The molecule has 0 heterocycles. The maximum Gasteiger partial charge on any atom is 0.223 e. The maximum atomic E-state index is 12.7. The summed E-state index contributed by atoms with van der Waals surface area (Å²) in [4.78, 5) is 14.7. The molecule has 1 amide bonds. The van der Waals surface area contributed by atoms with Gasteiger partial charge in [-0.15, -0.1) is 0 Å². The summed E-state index contributed by atoms with van der Waals surface area (Å²) in [6, 6.07) is 20.4. The van der Waals surface area contributed by atoms with Gasteiger partial charge in [0.15, 0.2) is 0 Å². The standard InChI is InChI=1S/C24H31NO2/c1-4-12-23(17-18-27-19-21-13-8-6-9-14-21)25(24(26)5-2)20(3)22-15-10-7-11-16-22/h4,6-16,20,23H,5,17-19H2,1-3H3/b12-4+/t20-,23?/m1/s1. The Morgan fingerprint density at radius 1 is 1.07 bits per heavy atom. The first-order chi connectivity index (χ1) is 13.2. The average Bonchev–Trinajstić information content (AvgIpc) is 2.72. The van der Waals surface area contributed by atoms with E-state index in [1.165, 1.54) is 5.56 Å². The Morgan fingerprint density at radius 3 is 2.30 bits per heavy atom. The summed E-state index contributed by atoms with van der Waals surface area (Å²) >= 11 is 0. The Bertz CT molecular complexity index is 697. The van der Waals surface area contributed by atoms with Gasteiger partial charge in [0.1, 0.15) is 0 Å². The number of allylic oxidation sites excluding steroid dienone is 1. The predicted molar refractivity (Wildman–Crippen MR) is 111 cm³/mol. The van der Waals surface area contributed by atoms with Gasteiger partial charge in [-0.05, 0) is 31.4 Å². The van der Waals surface area contributed by atoms with Crippen LogP contribution in [0.2, 0.25) is 0 Å². The van der Waals surface area contributed by atoms with Crippen molar-refractivity contribution in [3.63, 3.8) is 0 Å². The minimum absolute atomic E-state index is 0.0217. The van der Waals surface area contributed by atoms with Gasteiger partial charge in [-0.25, -0.2) is 0 Å². The lowest BCUT2D eigenvalue weighted by Gasteiger charge is -2.35. The van der Waals surface area contributed by atoms with Crippen LogP contribution in [0.25, 0.3) is 0 Å². The van der Waals surface area contributed by atoms with Crippen LogP contribution in [-0.4, -0.2) is 23.5 Å². The number of nitrogens with zero attached hydrogens (tertiary/aromatic N) is 1.